The molecule has 2 N–H and O–H groups in total. The summed E-state index contributed by atoms with van der Waals surface area (Å²) in [6.45, 7) is 11.0. The molecule has 37 heavy (non-hydrogen) atoms. The first kappa shape index (κ1) is 28.8. The zero-order valence-electron chi connectivity index (χ0n) is 23.3. The van der Waals surface area contributed by atoms with Crippen LogP contribution in [0.15, 0.2) is 88.1 Å². The number of H-pyrrole nitrogens is 1. The molecular weight excluding hydrogens is 472 g/mol. The zero-order chi connectivity index (χ0) is 26.5. The second-order valence-corrected chi connectivity index (χ2v) is 11.4. The molecule has 3 rings (SSSR count). The summed E-state index contributed by atoms with van der Waals surface area (Å²) in [5.41, 5.74) is 7.87. The van der Waals surface area contributed by atoms with Crippen LogP contribution in [-0.2, 0) is 0 Å². The Hall–Kier alpha value is -2.79. The Bertz CT molecular complexity index is 1140. The fraction of sp³-hybridized carbons (Fsp3) is 0.438. The van der Waals surface area contributed by atoms with E-state index >= 15 is 0 Å². The van der Waals surface area contributed by atoms with E-state index in [1.165, 1.54) is 22.3 Å². The van der Waals surface area contributed by atoms with Crippen LogP contribution in [0.3, 0.4) is 0 Å². The SMILES string of the molecule is CC(C)=CCC/C(C)=C/CC/C(=C/CSCC(N=C1CC=CN1)c1nc2ccccc2[nH]1)CC=C(C)C. The molecule has 1 unspecified atom stereocenters. The lowest BCUT2D eigenvalue weighted by atomic mass is 10.0. The summed E-state index contributed by atoms with van der Waals surface area (Å²) < 4.78 is 0. The summed E-state index contributed by atoms with van der Waals surface area (Å²) in [5.74, 6) is 3.83. The van der Waals surface area contributed by atoms with Crippen molar-refractivity contribution in [1.82, 2.24) is 15.3 Å². The number of para-hydroxylation sites is 2. The van der Waals surface area contributed by atoms with E-state index in [2.05, 4.69) is 87.4 Å². The number of hydrogen-bond donors (Lipinski definition) is 2. The molecule has 198 valence electrons. The van der Waals surface area contributed by atoms with Gasteiger partial charge in [0.05, 0.1) is 11.0 Å². The topological polar surface area (TPSA) is 53.1 Å². The van der Waals surface area contributed by atoms with E-state index in [0.717, 1.165) is 72.7 Å². The molecule has 5 heteroatoms. The van der Waals surface area contributed by atoms with Gasteiger partial charge in [-0.3, -0.25) is 4.99 Å². The Labute approximate surface area is 228 Å². The molecular formula is C32H44N4S. The van der Waals surface area contributed by atoms with Gasteiger partial charge in [0.2, 0.25) is 0 Å². The van der Waals surface area contributed by atoms with E-state index in [1.807, 2.05) is 30.1 Å². The lowest BCUT2D eigenvalue weighted by Crippen LogP contribution is -2.14. The molecule has 0 fully saturated rings. The standard InChI is InChI=1S/C32H44N4S/c1-24(2)11-8-12-26(5)13-9-14-27(19-18-25(3)4)20-22-37-23-30(34-31-17-10-21-33-31)32-35-28-15-6-7-16-29(28)36-32/h6-7,10-11,13,15-16,18,20-21,30H,8-9,12,14,17,19,22-23H2,1-5H3,(H,33,34)(H,35,36)/b26-13+,27-20-. The molecule has 0 amide bonds. The fourth-order valence-corrected chi connectivity index (χ4v) is 5.09. The van der Waals surface area contributed by atoms with E-state index in [-0.39, 0.29) is 6.04 Å². The van der Waals surface area contributed by atoms with Crippen LogP contribution in [0.25, 0.3) is 11.0 Å². The van der Waals surface area contributed by atoms with Gasteiger partial charge in [0, 0.05) is 17.9 Å². The molecule has 1 aromatic heterocycles. The average Bonchev–Trinajstić information content (AvgIpc) is 3.53. The van der Waals surface area contributed by atoms with Crippen molar-refractivity contribution < 1.29 is 0 Å². The molecule has 1 atom stereocenters. The van der Waals surface area contributed by atoms with Gasteiger partial charge in [-0.2, -0.15) is 11.8 Å². The Balaban J connectivity index is 1.60. The summed E-state index contributed by atoms with van der Waals surface area (Å²) in [6, 6.07) is 8.21. The molecule has 1 aliphatic rings. The van der Waals surface area contributed by atoms with Crippen LogP contribution in [0.4, 0.5) is 0 Å². The van der Waals surface area contributed by atoms with Crippen molar-refractivity contribution in [1.29, 1.82) is 0 Å². The molecule has 0 saturated carbocycles. The molecule has 2 heterocycles. The number of allylic oxidation sites excluding steroid dienone is 7. The van der Waals surface area contributed by atoms with Gasteiger partial charge >= 0.3 is 0 Å². The van der Waals surface area contributed by atoms with Crippen molar-refractivity contribution in [2.24, 2.45) is 4.99 Å². The highest BCUT2D eigenvalue weighted by Gasteiger charge is 2.17. The lowest BCUT2D eigenvalue weighted by Gasteiger charge is -2.11. The first-order valence-corrected chi connectivity index (χ1v) is 14.7. The molecule has 0 saturated heterocycles. The van der Waals surface area contributed by atoms with Gasteiger partial charge in [0.15, 0.2) is 0 Å². The zero-order valence-corrected chi connectivity index (χ0v) is 24.1. The number of benzene rings is 1. The Morgan fingerprint density at radius 2 is 1.78 bits per heavy atom. The minimum atomic E-state index is 0.000761. The van der Waals surface area contributed by atoms with E-state index < -0.39 is 0 Å². The van der Waals surface area contributed by atoms with Crippen molar-refractivity contribution in [2.45, 2.75) is 79.2 Å². The van der Waals surface area contributed by atoms with E-state index in [9.17, 15) is 0 Å². The molecule has 0 aliphatic carbocycles. The van der Waals surface area contributed by atoms with Gasteiger partial charge in [-0.05, 0) is 85.1 Å². The van der Waals surface area contributed by atoms with E-state index in [0.29, 0.717) is 0 Å². The third kappa shape index (κ3) is 10.6. The van der Waals surface area contributed by atoms with E-state index in [4.69, 9.17) is 9.98 Å². The number of imidazole rings is 1. The maximum atomic E-state index is 5.01. The van der Waals surface area contributed by atoms with Crippen molar-refractivity contribution in [3.63, 3.8) is 0 Å². The minimum absolute atomic E-state index is 0.000761. The van der Waals surface area contributed by atoms with Gasteiger partial charge in [-0.25, -0.2) is 4.98 Å². The predicted molar refractivity (Wildman–Crippen MR) is 164 cm³/mol. The van der Waals surface area contributed by atoms with Crippen LogP contribution < -0.4 is 5.32 Å². The summed E-state index contributed by atoms with van der Waals surface area (Å²) in [5, 5.41) is 3.27. The second-order valence-electron chi connectivity index (χ2n) is 10.3. The van der Waals surface area contributed by atoms with E-state index in [1.54, 1.807) is 0 Å². The van der Waals surface area contributed by atoms with Crippen LogP contribution in [0.5, 0.6) is 0 Å². The maximum absolute atomic E-state index is 5.01. The number of aliphatic imine (C=N–C) groups is 1. The third-order valence-corrected chi connectivity index (χ3v) is 7.26. The van der Waals surface area contributed by atoms with Crippen LogP contribution >= 0.6 is 11.8 Å². The monoisotopic (exact) mass is 516 g/mol. The third-order valence-electron chi connectivity index (χ3n) is 6.30. The summed E-state index contributed by atoms with van der Waals surface area (Å²) in [4.78, 5) is 13.4. The Kier molecular flexibility index (Phi) is 12.0. The molecule has 4 nitrogen and oxygen atoms in total. The quantitative estimate of drug-likeness (QED) is 0.194. The van der Waals surface area contributed by atoms with Gasteiger partial charge < -0.3 is 10.3 Å². The highest BCUT2D eigenvalue weighted by Crippen LogP contribution is 2.25. The molecule has 0 radical (unpaired) electrons. The number of thioether (sulfide) groups is 1. The molecule has 0 bridgehead atoms. The largest absolute Gasteiger partial charge is 0.350 e. The van der Waals surface area contributed by atoms with Crippen molar-refractivity contribution >= 4 is 28.6 Å². The van der Waals surface area contributed by atoms with Gasteiger partial charge in [0.25, 0.3) is 0 Å². The number of amidine groups is 1. The number of rotatable bonds is 14. The lowest BCUT2D eigenvalue weighted by molar-refractivity contribution is 0.767. The minimum Gasteiger partial charge on any atom is -0.350 e. The number of fused-ring (bicyclic) bond motifs is 1. The average molecular weight is 517 g/mol. The van der Waals surface area contributed by atoms with Gasteiger partial charge in [-0.1, -0.05) is 64.8 Å². The van der Waals surface area contributed by atoms with Crippen LogP contribution in [0.1, 0.15) is 85.0 Å². The smallest absolute Gasteiger partial charge is 0.133 e. The number of nitrogens with one attached hydrogen (secondary N) is 2. The van der Waals surface area contributed by atoms with Crippen molar-refractivity contribution in [3.05, 3.63) is 89.0 Å². The Morgan fingerprint density at radius 1 is 1.00 bits per heavy atom. The number of nitrogens with zero attached hydrogens (tertiary/aromatic N) is 2. The molecule has 1 aromatic carbocycles. The molecule has 2 aromatic rings. The number of hydrogen-bond acceptors (Lipinski definition) is 3. The Morgan fingerprint density at radius 3 is 2.51 bits per heavy atom. The normalized spacial score (nSPS) is 15.8. The fourth-order valence-electron chi connectivity index (χ4n) is 4.14. The number of aromatic nitrogens is 2. The highest BCUT2D eigenvalue weighted by molar-refractivity contribution is 7.99. The summed E-state index contributed by atoms with van der Waals surface area (Å²) in [7, 11) is 0. The molecule has 1 aliphatic heterocycles. The van der Waals surface area contributed by atoms with Crippen LogP contribution in [-0.4, -0.2) is 27.3 Å². The first-order chi connectivity index (χ1) is 17.9. The van der Waals surface area contributed by atoms with Crippen LogP contribution in [0.2, 0.25) is 0 Å². The van der Waals surface area contributed by atoms with Gasteiger partial charge in [0.1, 0.15) is 17.7 Å². The molecule has 0 spiro atoms. The maximum Gasteiger partial charge on any atom is 0.133 e. The second kappa shape index (κ2) is 15.5. The van der Waals surface area contributed by atoms with Gasteiger partial charge in [-0.15, -0.1) is 0 Å². The predicted octanol–water partition coefficient (Wildman–Crippen LogP) is 9.00. The summed E-state index contributed by atoms with van der Waals surface area (Å²) in [6.07, 6.45) is 20.1. The number of aromatic amines is 1. The summed E-state index contributed by atoms with van der Waals surface area (Å²) >= 11 is 1.93. The van der Waals surface area contributed by atoms with Crippen molar-refractivity contribution in [3.8, 4) is 0 Å². The highest BCUT2D eigenvalue weighted by atomic mass is 32.2. The van der Waals surface area contributed by atoms with Crippen LogP contribution in [0, 0.1) is 0 Å². The van der Waals surface area contributed by atoms with Crippen molar-refractivity contribution in [2.75, 3.05) is 11.5 Å². The first-order valence-electron chi connectivity index (χ1n) is 13.5.